The second-order valence-corrected chi connectivity index (χ2v) is 7.80. The maximum absolute atomic E-state index is 12.1. The number of unbranched alkanes of at least 4 members (excludes halogenated alkanes) is 7. The summed E-state index contributed by atoms with van der Waals surface area (Å²) in [5, 5.41) is 3.03. The number of aryl methyl sites for hydroxylation is 2. The van der Waals surface area contributed by atoms with Crippen molar-refractivity contribution < 1.29 is 14.3 Å². The Hall–Kier alpha value is -1.39. The van der Waals surface area contributed by atoms with Gasteiger partial charge in [0.1, 0.15) is 0 Å². The third kappa shape index (κ3) is 9.39. The van der Waals surface area contributed by atoms with Gasteiger partial charge in [0.05, 0.1) is 25.9 Å². The molecule has 1 fully saturated rings. The molecule has 4 heteroatoms. The molecule has 1 atom stereocenters. The molecule has 0 spiro atoms. The van der Waals surface area contributed by atoms with Crippen molar-refractivity contribution in [2.45, 2.75) is 84.2 Å². The lowest BCUT2D eigenvalue weighted by Gasteiger charge is -2.22. The molecular formula is C23H37NO3. The monoisotopic (exact) mass is 375 g/mol. The highest BCUT2D eigenvalue weighted by atomic mass is 16.6. The Balaban J connectivity index is 1.40. The lowest BCUT2D eigenvalue weighted by Crippen LogP contribution is -2.28. The average Bonchev–Trinajstić information content (AvgIpc) is 2.66. The first kappa shape index (κ1) is 21.9. The molecule has 4 nitrogen and oxygen atoms in total. The number of hydrogen-bond acceptors (Lipinski definition) is 3. The Morgan fingerprint density at radius 2 is 1.70 bits per heavy atom. The van der Waals surface area contributed by atoms with Crippen LogP contribution >= 0.6 is 0 Å². The van der Waals surface area contributed by atoms with E-state index in [9.17, 15) is 4.79 Å². The van der Waals surface area contributed by atoms with Crippen molar-refractivity contribution in [3.8, 4) is 0 Å². The Labute approximate surface area is 165 Å². The van der Waals surface area contributed by atoms with E-state index in [1.54, 1.807) is 0 Å². The lowest BCUT2D eigenvalue weighted by atomic mass is 10.0. The number of ether oxygens (including phenoxy) is 2. The van der Waals surface area contributed by atoms with Gasteiger partial charge in [-0.25, -0.2) is 0 Å². The van der Waals surface area contributed by atoms with Crippen molar-refractivity contribution in [1.82, 2.24) is 0 Å². The highest BCUT2D eigenvalue weighted by Crippen LogP contribution is 2.17. The SMILES string of the molecule is Cc1ccc(NC(=O)CCCCCCCCCC[C@@H]2COCCO2)c(C)c1. The third-order valence-electron chi connectivity index (χ3n) is 5.22. The summed E-state index contributed by atoms with van der Waals surface area (Å²) in [6.45, 7) is 6.39. The molecular weight excluding hydrogens is 338 g/mol. The van der Waals surface area contributed by atoms with E-state index < -0.39 is 0 Å². The summed E-state index contributed by atoms with van der Waals surface area (Å²) in [4.78, 5) is 12.1. The van der Waals surface area contributed by atoms with E-state index in [0.717, 1.165) is 50.3 Å². The van der Waals surface area contributed by atoms with Crippen molar-refractivity contribution >= 4 is 11.6 Å². The molecule has 2 rings (SSSR count). The number of carbonyl (C=O) groups is 1. The van der Waals surface area contributed by atoms with E-state index in [0.29, 0.717) is 12.5 Å². The molecule has 27 heavy (non-hydrogen) atoms. The average molecular weight is 376 g/mol. The quantitative estimate of drug-likeness (QED) is 0.487. The number of rotatable bonds is 12. The molecule has 152 valence electrons. The van der Waals surface area contributed by atoms with Gasteiger partial charge >= 0.3 is 0 Å². The molecule has 1 saturated heterocycles. The first-order valence-electron chi connectivity index (χ1n) is 10.7. The number of nitrogens with one attached hydrogen (secondary N) is 1. The smallest absolute Gasteiger partial charge is 0.224 e. The fourth-order valence-electron chi connectivity index (χ4n) is 3.59. The predicted octanol–water partition coefficient (Wildman–Crippen LogP) is 5.56. The van der Waals surface area contributed by atoms with E-state index in [4.69, 9.17) is 9.47 Å². The van der Waals surface area contributed by atoms with Crippen LogP contribution in [0.2, 0.25) is 0 Å². The van der Waals surface area contributed by atoms with Crippen LogP contribution in [0.25, 0.3) is 0 Å². The zero-order valence-electron chi connectivity index (χ0n) is 17.2. The molecule has 0 aliphatic carbocycles. The first-order valence-corrected chi connectivity index (χ1v) is 10.7. The van der Waals surface area contributed by atoms with Crippen LogP contribution in [0.5, 0.6) is 0 Å². The van der Waals surface area contributed by atoms with Crippen molar-refractivity contribution in [2.75, 3.05) is 25.1 Å². The molecule has 0 saturated carbocycles. The van der Waals surface area contributed by atoms with Crippen molar-refractivity contribution in [1.29, 1.82) is 0 Å². The molecule has 1 aliphatic rings. The molecule has 1 aromatic rings. The maximum Gasteiger partial charge on any atom is 0.224 e. The van der Waals surface area contributed by atoms with Crippen molar-refractivity contribution in [2.24, 2.45) is 0 Å². The fraction of sp³-hybridized carbons (Fsp3) is 0.696. The zero-order valence-corrected chi connectivity index (χ0v) is 17.2. The second kappa shape index (κ2) is 12.9. The molecule has 1 N–H and O–H groups in total. The summed E-state index contributed by atoms with van der Waals surface area (Å²) >= 11 is 0. The topological polar surface area (TPSA) is 47.6 Å². The van der Waals surface area contributed by atoms with Gasteiger partial charge in [0.15, 0.2) is 0 Å². The molecule has 1 aliphatic heterocycles. The third-order valence-corrected chi connectivity index (χ3v) is 5.22. The predicted molar refractivity (Wildman–Crippen MR) is 111 cm³/mol. The van der Waals surface area contributed by atoms with Gasteiger partial charge in [0.25, 0.3) is 0 Å². The highest BCUT2D eigenvalue weighted by molar-refractivity contribution is 5.91. The molecule has 0 unspecified atom stereocenters. The van der Waals surface area contributed by atoms with E-state index in [1.165, 1.54) is 44.1 Å². The Morgan fingerprint density at radius 1 is 1.00 bits per heavy atom. The van der Waals surface area contributed by atoms with E-state index in [1.807, 2.05) is 19.1 Å². The van der Waals surface area contributed by atoms with Crippen LogP contribution in [0, 0.1) is 13.8 Å². The van der Waals surface area contributed by atoms with E-state index >= 15 is 0 Å². The van der Waals surface area contributed by atoms with Crippen LogP contribution in [-0.4, -0.2) is 31.8 Å². The van der Waals surface area contributed by atoms with E-state index in [2.05, 4.69) is 18.3 Å². The van der Waals surface area contributed by atoms with Gasteiger partial charge in [-0.15, -0.1) is 0 Å². The summed E-state index contributed by atoms with van der Waals surface area (Å²) < 4.78 is 11.1. The van der Waals surface area contributed by atoms with Crippen LogP contribution in [0.4, 0.5) is 5.69 Å². The first-order chi connectivity index (χ1) is 13.1. The van der Waals surface area contributed by atoms with Gasteiger partial charge < -0.3 is 14.8 Å². The number of anilines is 1. The summed E-state index contributed by atoms with van der Waals surface area (Å²) in [5.74, 6) is 0.135. The van der Waals surface area contributed by atoms with Crippen LogP contribution in [0.15, 0.2) is 18.2 Å². The normalized spacial score (nSPS) is 17.0. The summed E-state index contributed by atoms with van der Waals surface area (Å²) in [5.41, 5.74) is 3.29. The fourth-order valence-corrected chi connectivity index (χ4v) is 3.59. The largest absolute Gasteiger partial charge is 0.376 e. The summed E-state index contributed by atoms with van der Waals surface area (Å²) in [7, 11) is 0. The van der Waals surface area contributed by atoms with Gasteiger partial charge in [-0.1, -0.05) is 62.6 Å². The van der Waals surface area contributed by atoms with Crippen molar-refractivity contribution in [3.63, 3.8) is 0 Å². The van der Waals surface area contributed by atoms with Crippen LogP contribution in [-0.2, 0) is 14.3 Å². The van der Waals surface area contributed by atoms with Crippen LogP contribution < -0.4 is 5.32 Å². The molecule has 1 heterocycles. The standard InChI is InChI=1S/C23H37NO3/c1-19-13-14-22(20(2)17-19)24-23(25)12-10-8-6-4-3-5-7-9-11-21-18-26-15-16-27-21/h13-14,17,21H,3-12,15-16,18H2,1-2H3,(H,24,25)/t21-/m1/s1. The van der Waals surface area contributed by atoms with Gasteiger partial charge in [-0.3, -0.25) is 4.79 Å². The molecule has 1 aromatic carbocycles. The van der Waals surface area contributed by atoms with Crippen LogP contribution in [0.3, 0.4) is 0 Å². The zero-order chi connectivity index (χ0) is 19.3. The second-order valence-electron chi connectivity index (χ2n) is 7.80. The molecule has 1 amide bonds. The Kier molecular flexibility index (Phi) is 10.5. The summed E-state index contributed by atoms with van der Waals surface area (Å²) in [6, 6.07) is 6.14. The van der Waals surface area contributed by atoms with Gasteiger partial charge in [-0.05, 0) is 38.3 Å². The molecule has 0 bridgehead atoms. The lowest BCUT2D eigenvalue weighted by molar-refractivity contribution is -0.116. The minimum atomic E-state index is 0.135. The Morgan fingerprint density at radius 3 is 2.37 bits per heavy atom. The van der Waals surface area contributed by atoms with Gasteiger partial charge in [0, 0.05) is 12.1 Å². The number of amides is 1. The minimum absolute atomic E-state index is 0.135. The molecule has 0 aromatic heterocycles. The maximum atomic E-state index is 12.1. The van der Waals surface area contributed by atoms with Gasteiger partial charge in [0.2, 0.25) is 5.91 Å². The molecule has 0 radical (unpaired) electrons. The number of carbonyl (C=O) groups excluding carboxylic acids is 1. The number of benzene rings is 1. The van der Waals surface area contributed by atoms with Crippen molar-refractivity contribution in [3.05, 3.63) is 29.3 Å². The minimum Gasteiger partial charge on any atom is -0.376 e. The summed E-state index contributed by atoms with van der Waals surface area (Å²) in [6.07, 6.45) is 11.9. The highest BCUT2D eigenvalue weighted by Gasteiger charge is 2.13. The van der Waals surface area contributed by atoms with E-state index in [-0.39, 0.29) is 5.91 Å². The Bertz CT molecular complexity index is 553. The van der Waals surface area contributed by atoms with Crippen LogP contribution in [0.1, 0.15) is 75.3 Å². The van der Waals surface area contributed by atoms with Gasteiger partial charge in [-0.2, -0.15) is 0 Å². The number of hydrogen-bond donors (Lipinski definition) is 1.